The minimum absolute atomic E-state index is 1.22. The van der Waals surface area contributed by atoms with Gasteiger partial charge in [0.25, 0.3) is 0 Å². The van der Waals surface area contributed by atoms with Crippen LogP contribution in [-0.2, 0) is 0 Å². The van der Waals surface area contributed by atoms with Crippen molar-refractivity contribution in [3.63, 3.8) is 0 Å². The van der Waals surface area contributed by atoms with Gasteiger partial charge in [-0.25, -0.2) is 0 Å². The maximum Gasteiger partial charge on any atom is 0.127 e. The highest BCUT2D eigenvalue weighted by molar-refractivity contribution is 9.11. The molecule has 2 aromatic heterocycles. The monoisotopic (exact) mass is 444 g/mol. The lowest BCUT2D eigenvalue weighted by atomic mass is 10.2. The van der Waals surface area contributed by atoms with E-state index >= 15 is 0 Å². The summed E-state index contributed by atoms with van der Waals surface area (Å²) in [5.74, 6) is 0. The highest BCUT2D eigenvalue weighted by atomic mass is 79.9. The summed E-state index contributed by atoms with van der Waals surface area (Å²) in [6.07, 6.45) is 0. The number of hydrogen-bond acceptors (Lipinski definition) is 2. The Balaban J connectivity index is 2.32. The fraction of sp³-hybridized carbons (Fsp3) is 0.500. The average molecular weight is 446 g/mol. The zero-order chi connectivity index (χ0) is 16.7. The van der Waals surface area contributed by atoms with Crippen molar-refractivity contribution in [3.8, 4) is 11.1 Å². The number of fused-ring (bicyclic) bond motifs is 3. The fourth-order valence-electron chi connectivity index (χ4n) is 3.29. The van der Waals surface area contributed by atoms with Gasteiger partial charge < -0.3 is 0 Å². The van der Waals surface area contributed by atoms with E-state index in [0.717, 1.165) is 0 Å². The average Bonchev–Trinajstić information content (AvgIpc) is 2.91. The van der Waals surface area contributed by atoms with E-state index in [1.54, 1.807) is 29.8 Å². The van der Waals surface area contributed by atoms with Crippen LogP contribution in [-0.4, -0.2) is 24.2 Å². The first kappa shape index (κ1) is 17.4. The van der Waals surface area contributed by atoms with Gasteiger partial charge in [0.1, 0.15) is 8.07 Å². The van der Waals surface area contributed by atoms with Gasteiger partial charge in [-0.05, 0) is 41.7 Å². The van der Waals surface area contributed by atoms with E-state index in [2.05, 4.69) is 85.7 Å². The van der Waals surface area contributed by atoms with Gasteiger partial charge >= 0.3 is 0 Å². The Bertz CT molecular complexity index is 758. The minimum Gasteiger partial charge on any atom is -0.154 e. The van der Waals surface area contributed by atoms with Crippen molar-refractivity contribution < 1.29 is 0 Å². The van der Waals surface area contributed by atoms with Crippen LogP contribution in [0.1, 0.15) is 0 Å². The molecule has 3 heterocycles. The third-order valence-electron chi connectivity index (χ3n) is 4.48. The molecule has 0 aromatic carbocycles. The van der Waals surface area contributed by atoms with Gasteiger partial charge in [0.05, 0.1) is 19.9 Å². The van der Waals surface area contributed by atoms with Crippen LogP contribution >= 0.6 is 38.6 Å². The molecule has 0 fully saturated rings. The zero-order valence-corrected chi connectivity index (χ0v) is 21.0. The van der Waals surface area contributed by atoms with Crippen molar-refractivity contribution in [2.45, 2.75) is 52.4 Å². The van der Waals surface area contributed by atoms with Gasteiger partial charge in [0, 0.05) is 10.1 Å². The van der Waals surface area contributed by atoms with E-state index < -0.39 is 24.2 Å². The summed E-state index contributed by atoms with van der Waals surface area (Å²) in [5, 5.41) is 1.77. The molecule has 1 aliphatic rings. The topological polar surface area (TPSA) is 0 Å². The van der Waals surface area contributed by atoms with Crippen LogP contribution in [0.2, 0.25) is 52.4 Å². The normalized spacial score (nSPS) is 16.8. The molecule has 1 aliphatic heterocycles. The Morgan fingerprint density at radius 2 is 1.55 bits per heavy atom. The molecule has 0 aliphatic carbocycles. The number of rotatable bonds is 2. The van der Waals surface area contributed by atoms with Gasteiger partial charge in [0.15, 0.2) is 0 Å². The molecule has 3 rings (SSSR count). The van der Waals surface area contributed by atoms with Gasteiger partial charge in [-0.3, -0.25) is 0 Å². The first-order valence-corrected chi connectivity index (χ1v) is 20.3. The first-order valence-electron chi connectivity index (χ1n) is 7.83. The molecular weight excluding hydrogens is 420 g/mol. The van der Waals surface area contributed by atoms with Gasteiger partial charge in [-0.1, -0.05) is 52.4 Å². The number of thiophene rings is 2. The van der Waals surface area contributed by atoms with E-state index in [9.17, 15) is 0 Å². The smallest absolute Gasteiger partial charge is 0.127 e. The van der Waals surface area contributed by atoms with Crippen molar-refractivity contribution in [1.29, 1.82) is 0 Å². The van der Waals surface area contributed by atoms with E-state index in [4.69, 9.17) is 0 Å². The molecular formula is C16H25BrS2Si3. The van der Waals surface area contributed by atoms with Crippen molar-refractivity contribution in [3.05, 3.63) is 9.85 Å². The summed E-state index contributed by atoms with van der Waals surface area (Å²) < 4.78 is 6.54. The molecule has 0 saturated heterocycles. The molecule has 120 valence electrons. The molecule has 2 aromatic rings. The molecule has 0 unspecified atom stereocenters. The summed E-state index contributed by atoms with van der Waals surface area (Å²) in [5.41, 5.74) is 3.16. The van der Waals surface area contributed by atoms with Gasteiger partial charge in [-0.2, -0.15) is 11.3 Å². The van der Waals surface area contributed by atoms with Crippen LogP contribution in [0.25, 0.3) is 11.1 Å². The SMILES string of the molecule is C[Si](C)(C)c1cc2c(s1)[Si](C)(C)c1c([Si](C)(C)C)sc(Br)c1-2. The maximum absolute atomic E-state index is 3.92. The van der Waals surface area contributed by atoms with E-state index in [0.29, 0.717) is 0 Å². The Morgan fingerprint density at radius 3 is 2.05 bits per heavy atom. The van der Waals surface area contributed by atoms with Crippen molar-refractivity contribution in [2.75, 3.05) is 0 Å². The Hall–Kier alpha value is 0.531. The third kappa shape index (κ3) is 2.45. The summed E-state index contributed by atoms with van der Waals surface area (Å²) in [6, 6.07) is 2.55. The highest BCUT2D eigenvalue weighted by Gasteiger charge is 2.46. The Kier molecular flexibility index (Phi) is 3.96. The lowest BCUT2D eigenvalue weighted by Gasteiger charge is -2.24. The van der Waals surface area contributed by atoms with Crippen LogP contribution in [0.4, 0.5) is 0 Å². The molecule has 0 amide bonds. The molecule has 0 spiro atoms. The lowest BCUT2D eigenvalue weighted by Crippen LogP contribution is -2.58. The largest absolute Gasteiger partial charge is 0.154 e. The summed E-state index contributed by atoms with van der Waals surface area (Å²) in [4.78, 5) is 0. The van der Waals surface area contributed by atoms with Gasteiger partial charge in [-0.15, -0.1) is 11.3 Å². The number of halogens is 1. The highest BCUT2D eigenvalue weighted by Crippen LogP contribution is 2.39. The van der Waals surface area contributed by atoms with E-state index in [-0.39, 0.29) is 0 Å². The quantitative estimate of drug-likeness (QED) is 0.599. The van der Waals surface area contributed by atoms with Crippen molar-refractivity contribution in [2.24, 2.45) is 0 Å². The molecule has 0 saturated carbocycles. The molecule has 0 radical (unpaired) electrons. The van der Waals surface area contributed by atoms with Crippen LogP contribution in [0, 0.1) is 0 Å². The van der Waals surface area contributed by atoms with E-state index in [1.807, 2.05) is 11.3 Å². The van der Waals surface area contributed by atoms with Crippen LogP contribution in [0.3, 0.4) is 0 Å². The number of hydrogen-bond donors (Lipinski definition) is 0. The zero-order valence-electron chi connectivity index (χ0n) is 14.8. The first-order chi connectivity index (χ1) is 9.85. The van der Waals surface area contributed by atoms with Crippen molar-refractivity contribution in [1.82, 2.24) is 0 Å². The molecule has 0 nitrogen and oxygen atoms in total. The Morgan fingerprint density at radius 1 is 0.955 bits per heavy atom. The van der Waals surface area contributed by atoms with Crippen LogP contribution in [0.5, 0.6) is 0 Å². The summed E-state index contributed by atoms with van der Waals surface area (Å²) in [6.45, 7) is 20.1. The molecule has 0 bridgehead atoms. The third-order valence-corrected chi connectivity index (χ3v) is 19.9. The van der Waals surface area contributed by atoms with Crippen molar-refractivity contribution >= 4 is 81.5 Å². The van der Waals surface area contributed by atoms with E-state index in [1.165, 1.54) is 3.79 Å². The van der Waals surface area contributed by atoms with Crippen LogP contribution in [0.15, 0.2) is 9.85 Å². The summed E-state index contributed by atoms with van der Waals surface area (Å²) in [7, 11) is -4.02. The van der Waals surface area contributed by atoms with Gasteiger partial charge in [0.2, 0.25) is 0 Å². The predicted octanol–water partition coefficient (Wildman–Crippen LogP) is 4.47. The van der Waals surface area contributed by atoms with Crippen LogP contribution < -0.4 is 18.7 Å². The minimum atomic E-state index is -1.52. The lowest BCUT2D eigenvalue weighted by molar-refractivity contribution is 1.78. The molecule has 0 atom stereocenters. The maximum atomic E-state index is 3.92. The second-order valence-corrected chi connectivity index (χ2v) is 27.7. The summed E-state index contributed by atoms with van der Waals surface area (Å²) >= 11 is 8.10. The molecule has 22 heavy (non-hydrogen) atoms. The second kappa shape index (κ2) is 5.02. The fourth-order valence-corrected chi connectivity index (χ4v) is 18.3. The molecule has 6 heteroatoms. The standard InChI is InChI=1S/C16H25BrS2Si3/c1-20(2,3)11-9-10-12-13(22(7,8)15(10)18-11)16(19-14(12)17)21(4,5)6/h9H,1-8H3. The Labute approximate surface area is 154 Å². The molecule has 0 N–H and O–H groups in total. The second-order valence-electron chi connectivity index (χ2n) is 8.93. The predicted molar refractivity (Wildman–Crippen MR) is 118 cm³/mol.